The molecular weight excluding hydrogens is 355 g/mol. The first-order valence-electron chi connectivity index (χ1n) is 7.49. The summed E-state index contributed by atoms with van der Waals surface area (Å²) >= 11 is 0. The number of anilines is 1. The van der Waals surface area contributed by atoms with Crippen LogP contribution in [-0.4, -0.2) is 38.7 Å². The number of nitrogens with zero attached hydrogens (tertiary/aromatic N) is 5. The number of carbonyl (C=O) groups excluding carboxylic acids is 2. The molecule has 0 atom stereocenters. The molecule has 134 valence electrons. The lowest BCUT2D eigenvalue weighted by Gasteiger charge is -2.10. The van der Waals surface area contributed by atoms with E-state index in [-0.39, 0.29) is 22.5 Å². The third kappa shape index (κ3) is 3.62. The number of methoxy groups -OCH3 is 1. The van der Waals surface area contributed by atoms with Crippen molar-refractivity contribution in [1.29, 1.82) is 5.26 Å². The fourth-order valence-corrected chi connectivity index (χ4v) is 2.21. The van der Waals surface area contributed by atoms with E-state index in [1.807, 2.05) is 0 Å². The highest BCUT2D eigenvalue weighted by Gasteiger charge is 2.19. The minimum Gasteiger partial charge on any atom is -0.465 e. The Bertz CT molecular complexity index is 1040. The van der Waals surface area contributed by atoms with E-state index >= 15 is 0 Å². The monoisotopic (exact) mass is 366 g/mol. The molecule has 0 aliphatic carbocycles. The van der Waals surface area contributed by atoms with E-state index in [1.54, 1.807) is 29.1 Å². The van der Waals surface area contributed by atoms with Gasteiger partial charge in [-0.2, -0.15) is 5.26 Å². The van der Waals surface area contributed by atoms with Crippen LogP contribution in [0.2, 0.25) is 0 Å². The summed E-state index contributed by atoms with van der Waals surface area (Å²) in [4.78, 5) is 28.1. The van der Waals surface area contributed by atoms with Gasteiger partial charge in [0.05, 0.1) is 23.9 Å². The smallest absolute Gasteiger partial charge is 0.340 e. The molecule has 3 aromatic rings. The summed E-state index contributed by atoms with van der Waals surface area (Å²) in [5.41, 5.74) is -0.715. The molecule has 0 saturated heterocycles. The van der Waals surface area contributed by atoms with E-state index in [4.69, 9.17) is 5.26 Å². The Hall–Kier alpha value is -4.13. The van der Waals surface area contributed by atoms with E-state index in [2.05, 4.69) is 25.2 Å². The van der Waals surface area contributed by atoms with Crippen LogP contribution in [0.3, 0.4) is 0 Å². The number of rotatable bonds is 4. The van der Waals surface area contributed by atoms with E-state index in [0.29, 0.717) is 5.82 Å². The van der Waals surface area contributed by atoms with Gasteiger partial charge in [0.2, 0.25) is 0 Å². The first kappa shape index (κ1) is 17.7. The highest BCUT2D eigenvalue weighted by molar-refractivity contribution is 6.07. The van der Waals surface area contributed by atoms with Crippen LogP contribution in [0.5, 0.6) is 0 Å². The molecule has 0 radical (unpaired) electrons. The van der Waals surface area contributed by atoms with Crippen LogP contribution in [0.4, 0.5) is 10.1 Å². The van der Waals surface area contributed by atoms with Crippen molar-refractivity contribution in [3.8, 4) is 11.9 Å². The maximum absolute atomic E-state index is 13.9. The minimum atomic E-state index is -0.887. The van der Waals surface area contributed by atoms with Gasteiger partial charge < -0.3 is 10.1 Å². The zero-order valence-corrected chi connectivity index (χ0v) is 13.9. The van der Waals surface area contributed by atoms with Crippen LogP contribution < -0.4 is 5.32 Å². The highest BCUT2D eigenvalue weighted by Crippen LogP contribution is 2.22. The molecule has 1 amide bonds. The van der Waals surface area contributed by atoms with Crippen LogP contribution in [0.15, 0.2) is 43.0 Å². The average Bonchev–Trinajstić information content (AvgIpc) is 3.22. The predicted octanol–water partition coefficient (Wildman–Crippen LogP) is 1.71. The quantitative estimate of drug-likeness (QED) is 0.697. The molecule has 0 aliphatic rings. The Balaban J connectivity index is 1.88. The number of imidazole rings is 1. The zero-order valence-electron chi connectivity index (χ0n) is 13.9. The maximum Gasteiger partial charge on any atom is 0.340 e. The molecule has 27 heavy (non-hydrogen) atoms. The molecule has 0 spiro atoms. The van der Waals surface area contributed by atoms with Gasteiger partial charge >= 0.3 is 5.97 Å². The average molecular weight is 366 g/mol. The van der Waals surface area contributed by atoms with E-state index in [9.17, 15) is 14.0 Å². The summed E-state index contributed by atoms with van der Waals surface area (Å²) in [7, 11) is 1.13. The number of aromatic nitrogens is 4. The summed E-state index contributed by atoms with van der Waals surface area (Å²) in [5.74, 6) is -1.98. The Morgan fingerprint density at radius 1 is 1.30 bits per heavy atom. The van der Waals surface area contributed by atoms with Gasteiger partial charge in [0, 0.05) is 12.4 Å². The topological polar surface area (TPSA) is 123 Å². The summed E-state index contributed by atoms with van der Waals surface area (Å²) in [6.07, 6.45) is 4.74. The fourth-order valence-electron chi connectivity index (χ4n) is 2.21. The molecule has 0 bridgehead atoms. The number of halogens is 1. The van der Waals surface area contributed by atoms with Gasteiger partial charge in [-0.25, -0.2) is 14.2 Å². The van der Waals surface area contributed by atoms with Crippen molar-refractivity contribution in [2.45, 2.75) is 0 Å². The van der Waals surface area contributed by atoms with Crippen molar-refractivity contribution in [3.05, 3.63) is 65.6 Å². The molecular formula is C17H11FN6O3. The van der Waals surface area contributed by atoms with Gasteiger partial charge in [-0.1, -0.05) is 0 Å². The first-order chi connectivity index (χ1) is 13.0. The molecule has 9 nitrogen and oxygen atoms in total. The molecule has 3 rings (SSSR count). The Morgan fingerprint density at radius 3 is 2.70 bits per heavy atom. The molecule has 1 aromatic carbocycles. The summed E-state index contributed by atoms with van der Waals surface area (Å²) < 4.78 is 20.1. The van der Waals surface area contributed by atoms with Crippen molar-refractivity contribution in [2.24, 2.45) is 0 Å². The van der Waals surface area contributed by atoms with Gasteiger partial charge in [-0.05, 0) is 24.3 Å². The molecule has 0 unspecified atom stereocenters. The second-order valence-corrected chi connectivity index (χ2v) is 5.18. The number of amides is 1. The standard InChI is InChI=1S/C17H11FN6O3/c1-27-17(26)11-6-10(8-19)12(18)7-14(11)21-16(25)13-2-3-15(23-22-13)24-5-4-20-9-24/h2-7,9H,1H3,(H,21,25). The normalized spacial score (nSPS) is 10.1. The second-order valence-electron chi connectivity index (χ2n) is 5.18. The van der Waals surface area contributed by atoms with Crippen molar-refractivity contribution in [1.82, 2.24) is 19.7 Å². The number of benzene rings is 1. The molecule has 2 aromatic heterocycles. The molecule has 0 aliphatic heterocycles. The molecule has 2 heterocycles. The van der Waals surface area contributed by atoms with Gasteiger partial charge in [0.1, 0.15) is 18.2 Å². The van der Waals surface area contributed by atoms with Crippen LogP contribution in [0.25, 0.3) is 5.82 Å². The van der Waals surface area contributed by atoms with Crippen LogP contribution in [0.1, 0.15) is 26.4 Å². The van der Waals surface area contributed by atoms with Crippen molar-refractivity contribution >= 4 is 17.6 Å². The molecule has 1 N–H and O–H groups in total. The van der Waals surface area contributed by atoms with Gasteiger partial charge in [0.25, 0.3) is 5.91 Å². The van der Waals surface area contributed by atoms with E-state index < -0.39 is 17.7 Å². The molecule has 10 heteroatoms. The summed E-state index contributed by atoms with van der Waals surface area (Å²) in [6.45, 7) is 0. The van der Waals surface area contributed by atoms with Crippen LogP contribution in [0, 0.1) is 17.1 Å². The number of nitriles is 1. The van der Waals surface area contributed by atoms with E-state index in [0.717, 1.165) is 19.2 Å². The number of hydrogen-bond donors (Lipinski definition) is 1. The lowest BCUT2D eigenvalue weighted by molar-refractivity contribution is 0.0602. The molecule has 0 fully saturated rings. The lowest BCUT2D eigenvalue weighted by atomic mass is 10.1. The second kappa shape index (κ2) is 7.40. The van der Waals surface area contributed by atoms with Crippen LogP contribution in [-0.2, 0) is 4.74 Å². The zero-order chi connectivity index (χ0) is 19.4. The van der Waals surface area contributed by atoms with Crippen molar-refractivity contribution in [3.63, 3.8) is 0 Å². The Labute approximate surface area is 152 Å². The number of ether oxygens (including phenoxy) is 1. The number of nitrogens with one attached hydrogen (secondary N) is 1. The Kier molecular flexibility index (Phi) is 4.85. The number of carbonyl (C=O) groups is 2. The van der Waals surface area contributed by atoms with Crippen molar-refractivity contribution < 1.29 is 18.7 Å². The van der Waals surface area contributed by atoms with Crippen LogP contribution >= 0.6 is 0 Å². The van der Waals surface area contributed by atoms with E-state index in [1.165, 1.54) is 12.4 Å². The first-order valence-corrected chi connectivity index (χ1v) is 7.49. The van der Waals surface area contributed by atoms with Gasteiger partial charge in [-0.3, -0.25) is 9.36 Å². The summed E-state index contributed by atoms with van der Waals surface area (Å²) in [5, 5.41) is 19.0. The number of esters is 1. The SMILES string of the molecule is COC(=O)c1cc(C#N)c(F)cc1NC(=O)c1ccc(-n2ccnc2)nn1. The maximum atomic E-state index is 13.9. The summed E-state index contributed by atoms with van der Waals surface area (Å²) in [6, 6.07) is 6.45. The fraction of sp³-hybridized carbons (Fsp3) is 0.0588. The van der Waals surface area contributed by atoms with Gasteiger partial charge in [-0.15, -0.1) is 10.2 Å². The lowest BCUT2D eigenvalue weighted by Crippen LogP contribution is -2.18. The minimum absolute atomic E-state index is 0.0561. The predicted molar refractivity (Wildman–Crippen MR) is 89.6 cm³/mol. The Morgan fingerprint density at radius 2 is 2.11 bits per heavy atom. The van der Waals surface area contributed by atoms with Crippen molar-refractivity contribution in [2.75, 3.05) is 12.4 Å². The van der Waals surface area contributed by atoms with Gasteiger partial charge in [0.15, 0.2) is 11.5 Å². The molecule has 0 saturated carbocycles. The number of hydrogen-bond acceptors (Lipinski definition) is 7. The third-order valence-electron chi connectivity index (χ3n) is 3.53. The highest BCUT2D eigenvalue weighted by atomic mass is 19.1. The third-order valence-corrected chi connectivity index (χ3v) is 3.53. The largest absolute Gasteiger partial charge is 0.465 e.